The zero-order valence-electron chi connectivity index (χ0n) is 18.8. The minimum Gasteiger partial charge on any atom is -0.372 e. The molecule has 0 saturated carbocycles. The Morgan fingerprint density at radius 2 is 1.53 bits per heavy atom. The van der Waals surface area contributed by atoms with Gasteiger partial charge in [-0.2, -0.15) is 26.3 Å². The van der Waals surface area contributed by atoms with E-state index >= 15 is 0 Å². The fraction of sp³-hybridized carbons (Fsp3) is 0.520. The van der Waals surface area contributed by atoms with E-state index in [4.69, 9.17) is 4.74 Å². The molecule has 2 aliphatic heterocycles. The van der Waals surface area contributed by atoms with Gasteiger partial charge in [-0.25, -0.2) is 0 Å². The van der Waals surface area contributed by atoms with Gasteiger partial charge in [0.1, 0.15) is 0 Å². The average Bonchev–Trinajstić information content (AvgIpc) is 3.26. The van der Waals surface area contributed by atoms with E-state index in [0.717, 1.165) is 49.9 Å². The first-order valence-corrected chi connectivity index (χ1v) is 11.4. The van der Waals surface area contributed by atoms with Crippen LogP contribution in [0.4, 0.5) is 26.3 Å². The summed E-state index contributed by atoms with van der Waals surface area (Å²) < 4.78 is 85.7. The van der Waals surface area contributed by atoms with Gasteiger partial charge in [-0.1, -0.05) is 30.3 Å². The van der Waals surface area contributed by atoms with E-state index in [2.05, 4.69) is 10.6 Å². The van der Waals surface area contributed by atoms with Crippen LogP contribution in [0.5, 0.6) is 0 Å². The van der Waals surface area contributed by atoms with Crippen LogP contribution in [-0.4, -0.2) is 25.2 Å². The van der Waals surface area contributed by atoms with Crippen molar-refractivity contribution in [2.24, 2.45) is 0 Å². The van der Waals surface area contributed by atoms with Crippen LogP contribution < -0.4 is 10.6 Å². The number of piperidine rings is 1. The third kappa shape index (κ3) is 5.26. The highest BCUT2D eigenvalue weighted by atomic mass is 19.4. The molecular formula is C25H28F6N2O. The van der Waals surface area contributed by atoms with Gasteiger partial charge in [0.05, 0.1) is 29.4 Å². The predicted molar refractivity (Wildman–Crippen MR) is 116 cm³/mol. The molecule has 34 heavy (non-hydrogen) atoms. The fourth-order valence-corrected chi connectivity index (χ4v) is 4.99. The molecule has 0 amide bonds. The quantitative estimate of drug-likeness (QED) is 0.494. The summed E-state index contributed by atoms with van der Waals surface area (Å²) in [6.45, 7) is 3.27. The first-order chi connectivity index (χ1) is 15.9. The Balaban J connectivity index is 1.57. The normalized spacial score (nSPS) is 26.7. The molecule has 9 heteroatoms. The molecule has 3 atom stereocenters. The van der Waals surface area contributed by atoms with Crippen LogP contribution in [0.3, 0.4) is 0 Å². The number of alkyl halides is 6. The van der Waals surface area contributed by atoms with Gasteiger partial charge >= 0.3 is 12.4 Å². The van der Waals surface area contributed by atoms with Crippen molar-refractivity contribution in [1.29, 1.82) is 0 Å². The van der Waals surface area contributed by atoms with E-state index in [1.165, 1.54) is 6.92 Å². The highest BCUT2D eigenvalue weighted by Gasteiger charge is 2.45. The molecule has 2 heterocycles. The van der Waals surface area contributed by atoms with E-state index in [-0.39, 0.29) is 23.8 Å². The van der Waals surface area contributed by atoms with E-state index in [9.17, 15) is 26.3 Å². The summed E-state index contributed by atoms with van der Waals surface area (Å²) in [5, 5.41) is 7.19. The monoisotopic (exact) mass is 486 g/mol. The lowest BCUT2D eigenvalue weighted by atomic mass is 9.76. The number of ether oxygens (including phenoxy) is 1. The minimum absolute atomic E-state index is 0.0204. The van der Waals surface area contributed by atoms with Crippen molar-refractivity contribution in [3.8, 4) is 0 Å². The number of nitrogens with one attached hydrogen (secondary N) is 2. The zero-order valence-corrected chi connectivity index (χ0v) is 18.8. The third-order valence-electron chi connectivity index (χ3n) is 7.11. The van der Waals surface area contributed by atoms with Gasteiger partial charge in [0, 0.05) is 12.1 Å². The van der Waals surface area contributed by atoms with Crippen LogP contribution in [0, 0.1) is 0 Å². The summed E-state index contributed by atoms with van der Waals surface area (Å²) in [5.41, 5.74) is -2.41. The molecule has 1 unspecified atom stereocenters. The molecule has 0 aliphatic carbocycles. The molecule has 2 aromatic carbocycles. The van der Waals surface area contributed by atoms with Crippen LogP contribution in [0.1, 0.15) is 61.0 Å². The van der Waals surface area contributed by atoms with Crippen molar-refractivity contribution in [3.05, 3.63) is 70.8 Å². The van der Waals surface area contributed by atoms with Crippen molar-refractivity contribution in [1.82, 2.24) is 10.6 Å². The summed E-state index contributed by atoms with van der Waals surface area (Å²) in [4.78, 5) is 0. The van der Waals surface area contributed by atoms with Gasteiger partial charge in [-0.3, -0.25) is 0 Å². The largest absolute Gasteiger partial charge is 0.416 e. The molecule has 4 rings (SSSR count). The van der Waals surface area contributed by atoms with Crippen LogP contribution in [-0.2, 0) is 22.6 Å². The van der Waals surface area contributed by atoms with Crippen LogP contribution in [0.25, 0.3) is 0 Å². The maximum absolute atomic E-state index is 13.3. The first-order valence-electron chi connectivity index (χ1n) is 11.4. The van der Waals surface area contributed by atoms with Gasteiger partial charge in [-0.05, 0) is 68.5 Å². The van der Waals surface area contributed by atoms with E-state index in [0.29, 0.717) is 6.54 Å². The molecule has 1 spiro atoms. The summed E-state index contributed by atoms with van der Waals surface area (Å²) in [6, 6.07) is 11.2. The maximum atomic E-state index is 13.3. The SMILES string of the molecule is C[C@@H](OC[C@@]1(c2ccccc2)CCC2(CCCN2)CN1)c1cc(C(F)(F)F)cc(C(F)(F)F)c1. The molecule has 186 valence electrons. The average molecular weight is 486 g/mol. The second-order valence-corrected chi connectivity index (χ2v) is 9.40. The van der Waals surface area contributed by atoms with E-state index in [1.54, 1.807) is 0 Å². The predicted octanol–water partition coefficient (Wildman–Crippen LogP) is 6.20. The molecule has 2 aliphatic rings. The fourth-order valence-electron chi connectivity index (χ4n) is 4.99. The Labute approximate surface area is 194 Å². The number of halogens is 6. The Hall–Kier alpha value is -2.10. The van der Waals surface area contributed by atoms with Gasteiger partial charge in [0.25, 0.3) is 0 Å². The Morgan fingerprint density at radius 1 is 0.882 bits per heavy atom. The molecule has 0 radical (unpaired) electrons. The van der Waals surface area contributed by atoms with Crippen molar-refractivity contribution in [2.75, 3.05) is 19.7 Å². The molecular weight excluding hydrogens is 458 g/mol. The van der Waals surface area contributed by atoms with Gasteiger partial charge in [0.2, 0.25) is 0 Å². The van der Waals surface area contributed by atoms with Gasteiger partial charge < -0.3 is 15.4 Å². The maximum Gasteiger partial charge on any atom is 0.416 e. The summed E-state index contributed by atoms with van der Waals surface area (Å²) >= 11 is 0. The third-order valence-corrected chi connectivity index (χ3v) is 7.11. The smallest absolute Gasteiger partial charge is 0.372 e. The molecule has 2 aromatic rings. The number of hydrogen-bond acceptors (Lipinski definition) is 3. The van der Waals surface area contributed by atoms with Gasteiger partial charge in [0.15, 0.2) is 0 Å². The van der Waals surface area contributed by atoms with Gasteiger partial charge in [-0.15, -0.1) is 0 Å². The highest BCUT2D eigenvalue weighted by molar-refractivity contribution is 5.35. The van der Waals surface area contributed by atoms with Crippen LogP contribution in [0.2, 0.25) is 0 Å². The first kappa shape index (κ1) is 25.0. The van der Waals surface area contributed by atoms with Crippen molar-refractivity contribution >= 4 is 0 Å². The van der Waals surface area contributed by atoms with Crippen molar-refractivity contribution in [3.63, 3.8) is 0 Å². The molecule has 2 fully saturated rings. The topological polar surface area (TPSA) is 33.3 Å². The minimum atomic E-state index is -4.89. The lowest BCUT2D eigenvalue weighted by molar-refractivity contribution is -0.143. The Morgan fingerprint density at radius 3 is 2.03 bits per heavy atom. The number of benzene rings is 2. The molecule has 3 nitrogen and oxygen atoms in total. The van der Waals surface area contributed by atoms with Crippen LogP contribution in [0.15, 0.2) is 48.5 Å². The van der Waals surface area contributed by atoms with Crippen LogP contribution >= 0.6 is 0 Å². The second-order valence-electron chi connectivity index (χ2n) is 9.40. The summed E-state index contributed by atoms with van der Waals surface area (Å²) in [7, 11) is 0. The van der Waals surface area contributed by atoms with E-state index < -0.39 is 35.1 Å². The molecule has 2 N–H and O–H groups in total. The Bertz CT molecular complexity index is 941. The molecule has 2 saturated heterocycles. The molecule has 0 bridgehead atoms. The lowest BCUT2D eigenvalue weighted by Crippen LogP contribution is -2.61. The summed E-state index contributed by atoms with van der Waals surface area (Å²) in [5.74, 6) is 0. The summed E-state index contributed by atoms with van der Waals surface area (Å²) in [6.07, 6.45) is -6.96. The van der Waals surface area contributed by atoms with E-state index in [1.807, 2.05) is 30.3 Å². The van der Waals surface area contributed by atoms with Crippen molar-refractivity contribution in [2.45, 2.75) is 62.1 Å². The number of rotatable bonds is 5. The zero-order chi connectivity index (χ0) is 24.6. The standard InChI is InChI=1S/C25H28F6N2O/c1-17(18-12-20(24(26,27)28)14-21(13-18)25(29,30)31)34-16-23(19-6-3-2-4-7-19)10-9-22(15-33-23)8-5-11-32-22/h2-4,6-7,12-14,17,32-33H,5,8-11,15-16H2,1H3/t17-,22?,23-/m1/s1. The van der Waals surface area contributed by atoms with Crippen molar-refractivity contribution < 1.29 is 31.1 Å². The second kappa shape index (κ2) is 9.17. The lowest BCUT2D eigenvalue weighted by Gasteiger charge is -2.46. The number of hydrogen-bond donors (Lipinski definition) is 2. The molecule has 0 aromatic heterocycles. The highest BCUT2D eigenvalue weighted by Crippen LogP contribution is 2.40. The Kier molecular flexibility index (Phi) is 6.74.